The van der Waals surface area contributed by atoms with E-state index in [-0.39, 0.29) is 41.1 Å². The number of aryl methyl sites for hydroxylation is 1. The molecule has 2 aromatic carbocycles. The standard InChI is InChI=1S/C36H46ClN3O6S/c1-23-7-5-16-36(43,19-33(41)39(3)4)30-12-9-27(30)20-40-21-35(15-6-8-25-17-28(37)11-13-29(25)35)22-46-32-14-10-26(18-31(32)40)34(42)38-47(44,45)24(23)2/h5,10-11,13-14,16-18,23-24,27,30,43H,6-9,12,15,19-22H2,1-4H3,(H,38,42)/b16-5+/t23-,24+,27-,30+,35-,36-/m0/s1. The van der Waals surface area contributed by atoms with E-state index in [4.69, 9.17) is 16.3 Å². The molecule has 0 unspecified atom stereocenters. The van der Waals surface area contributed by atoms with Crippen LogP contribution in [0.25, 0.3) is 0 Å². The maximum Gasteiger partial charge on any atom is 0.264 e. The number of carbonyl (C=O) groups is 2. The van der Waals surface area contributed by atoms with Gasteiger partial charge < -0.3 is 19.6 Å². The molecule has 0 saturated heterocycles. The van der Waals surface area contributed by atoms with Crippen LogP contribution in [0.15, 0.2) is 48.6 Å². The molecule has 254 valence electrons. The van der Waals surface area contributed by atoms with Gasteiger partial charge in [-0.1, -0.05) is 36.7 Å². The Balaban J connectivity index is 1.45. The van der Waals surface area contributed by atoms with Crippen molar-refractivity contribution in [2.24, 2.45) is 17.8 Å². The van der Waals surface area contributed by atoms with Crippen molar-refractivity contribution in [3.05, 3.63) is 70.3 Å². The molecule has 1 spiro atoms. The Bertz CT molecular complexity index is 1700. The molecule has 1 saturated carbocycles. The van der Waals surface area contributed by atoms with Crippen molar-refractivity contribution in [2.45, 2.75) is 75.1 Å². The molecule has 0 aromatic heterocycles. The van der Waals surface area contributed by atoms with E-state index in [0.29, 0.717) is 36.9 Å². The number of sulfonamides is 1. The first-order chi connectivity index (χ1) is 22.2. The monoisotopic (exact) mass is 683 g/mol. The quantitative estimate of drug-likeness (QED) is 0.424. The van der Waals surface area contributed by atoms with E-state index in [2.05, 4.69) is 15.7 Å². The fourth-order valence-corrected chi connectivity index (χ4v) is 9.44. The minimum atomic E-state index is -4.02. The number of nitrogens with one attached hydrogen (secondary N) is 1. The van der Waals surface area contributed by atoms with Gasteiger partial charge >= 0.3 is 0 Å². The predicted octanol–water partition coefficient (Wildman–Crippen LogP) is 5.09. The van der Waals surface area contributed by atoms with Crippen LogP contribution in [0.4, 0.5) is 5.69 Å². The number of fused-ring (bicyclic) bond motifs is 4. The Hall–Kier alpha value is -3.08. The van der Waals surface area contributed by atoms with Gasteiger partial charge in [-0.15, -0.1) is 0 Å². The van der Waals surface area contributed by atoms with Gasteiger partial charge in [0.2, 0.25) is 15.9 Å². The van der Waals surface area contributed by atoms with Gasteiger partial charge in [0.1, 0.15) is 5.75 Å². The number of halogens is 1. The lowest BCUT2D eigenvalue weighted by Gasteiger charge is -2.49. The highest BCUT2D eigenvalue weighted by Crippen LogP contribution is 2.49. The van der Waals surface area contributed by atoms with Crippen LogP contribution in [0.5, 0.6) is 5.75 Å². The van der Waals surface area contributed by atoms with E-state index < -0.39 is 26.8 Å². The molecule has 4 aliphatic rings. The van der Waals surface area contributed by atoms with Crippen LogP contribution in [0.1, 0.15) is 73.9 Å². The lowest BCUT2D eigenvalue weighted by molar-refractivity contribution is -0.137. The van der Waals surface area contributed by atoms with Crippen LogP contribution in [-0.4, -0.2) is 74.9 Å². The molecule has 2 aliphatic heterocycles. The van der Waals surface area contributed by atoms with E-state index in [1.807, 2.05) is 25.1 Å². The number of hydrogen-bond donors (Lipinski definition) is 2. The van der Waals surface area contributed by atoms with Crippen LogP contribution >= 0.6 is 11.6 Å². The third kappa shape index (κ3) is 6.53. The molecule has 2 aliphatic carbocycles. The minimum absolute atomic E-state index is 0.0577. The summed E-state index contributed by atoms with van der Waals surface area (Å²) in [4.78, 5) is 30.3. The molecule has 1 fully saturated rings. The molecular formula is C36H46ClN3O6S. The first kappa shape index (κ1) is 33.8. The van der Waals surface area contributed by atoms with E-state index in [1.165, 1.54) is 16.0 Å². The fraction of sp³-hybridized carbons (Fsp3) is 0.556. The number of nitrogens with zero attached hydrogens (tertiary/aromatic N) is 2. The number of anilines is 1. The van der Waals surface area contributed by atoms with Crippen molar-refractivity contribution >= 4 is 39.1 Å². The summed E-state index contributed by atoms with van der Waals surface area (Å²) in [5.41, 5.74) is 1.64. The summed E-state index contributed by atoms with van der Waals surface area (Å²) in [5, 5.41) is 12.1. The van der Waals surface area contributed by atoms with E-state index >= 15 is 0 Å². The van der Waals surface area contributed by atoms with Crippen molar-refractivity contribution in [1.82, 2.24) is 9.62 Å². The van der Waals surface area contributed by atoms with Crippen LogP contribution < -0.4 is 14.4 Å². The topological polar surface area (TPSA) is 116 Å². The SMILES string of the molecule is C[C@@H]1[C@@H](C)C/C=C/[C@](O)(CC(=O)N(C)C)[C@@H]2CC[C@H]2CN2C[C@@]3(CCCc4cc(Cl)ccc43)COc3ccc(cc32)C(=O)NS1(=O)=O. The van der Waals surface area contributed by atoms with Gasteiger partial charge in [0.15, 0.2) is 0 Å². The van der Waals surface area contributed by atoms with E-state index in [1.54, 1.807) is 45.3 Å². The molecule has 2 heterocycles. The number of allylic oxidation sites excluding steroid dienone is 1. The van der Waals surface area contributed by atoms with Gasteiger partial charge in [0.05, 0.1) is 29.6 Å². The van der Waals surface area contributed by atoms with Gasteiger partial charge in [-0.25, -0.2) is 13.1 Å². The van der Waals surface area contributed by atoms with Crippen molar-refractivity contribution in [2.75, 3.05) is 38.7 Å². The zero-order valence-electron chi connectivity index (χ0n) is 27.7. The summed E-state index contributed by atoms with van der Waals surface area (Å²) < 4.78 is 35.6. The average Bonchev–Trinajstić information content (AvgIpc) is 3.14. The van der Waals surface area contributed by atoms with E-state index in [0.717, 1.165) is 37.8 Å². The molecule has 11 heteroatoms. The van der Waals surface area contributed by atoms with Gasteiger partial charge in [-0.05, 0) is 105 Å². The highest BCUT2D eigenvalue weighted by molar-refractivity contribution is 7.90. The second kappa shape index (κ2) is 12.7. The lowest BCUT2D eigenvalue weighted by atomic mass is 9.63. The van der Waals surface area contributed by atoms with E-state index in [9.17, 15) is 23.1 Å². The molecule has 0 radical (unpaired) electrons. The van der Waals surface area contributed by atoms with Crippen molar-refractivity contribution < 1.29 is 27.9 Å². The average molecular weight is 684 g/mol. The third-order valence-electron chi connectivity index (χ3n) is 11.2. The normalized spacial score (nSPS) is 32.5. The van der Waals surface area contributed by atoms with Crippen LogP contribution in [-0.2, 0) is 26.7 Å². The smallest absolute Gasteiger partial charge is 0.264 e. The summed E-state index contributed by atoms with van der Waals surface area (Å²) in [5.74, 6) is -0.685. The molecule has 6 rings (SSSR count). The number of ether oxygens (including phenoxy) is 1. The number of benzene rings is 2. The number of hydrogen-bond acceptors (Lipinski definition) is 7. The van der Waals surface area contributed by atoms with Crippen molar-refractivity contribution in [1.29, 1.82) is 0 Å². The minimum Gasteiger partial charge on any atom is -0.490 e. The number of amides is 2. The lowest BCUT2D eigenvalue weighted by Crippen LogP contribution is -2.53. The van der Waals surface area contributed by atoms with Gasteiger partial charge in [0.25, 0.3) is 5.91 Å². The van der Waals surface area contributed by atoms with Gasteiger partial charge in [-0.2, -0.15) is 0 Å². The number of rotatable bonds is 2. The second-order valence-electron chi connectivity index (χ2n) is 14.5. The summed E-state index contributed by atoms with van der Waals surface area (Å²) in [6, 6.07) is 11.2. The zero-order chi connectivity index (χ0) is 33.7. The molecule has 2 amide bonds. The molecule has 6 atom stereocenters. The number of aliphatic hydroxyl groups is 1. The highest BCUT2D eigenvalue weighted by atomic mass is 35.5. The van der Waals surface area contributed by atoms with Crippen LogP contribution in [0, 0.1) is 17.8 Å². The van der Waals surface area contributed by atoms with Crippen molar-refractivity contribution in [3.8, 4) is 5.75 Å². The van der Waals surface area contributed by atoms with Gasteiger partial charge in [-0.3, -0.25) is 9.59 Å². The first-order valence-electron chi connectivity index (χ1n) is 16.7. The van der Waals surface area contributed by atoms with Crippen molar-refractivity contribution in [3.63, 3.8) is 0 Å². The molecule has 2 aromatic rings. The largest absolute Gasteiger partial charge is 0.490 e. The molecular weight excluding hydrogens is 638 g/mol. The molecule has 9 nitrogen and oxygen atoms in total. The Morgan fingerprint density at radius 3 is 2.68 bits per heavy atom. The zero-order valence-corrected chi connectivity index (χ0v) is 29.2. The fourth-order valence-electron chi connectivity index (χ4n) is 7.96. The molecule has 47 heavy (non-hydrogen) atoms. The number of carbonyl (C=O) groups excluding carboxylic acids is 2. The Morgan fingerprint density at radius 1 is 1.17 bits per heavy atom. The Kier molecular flexibility index (Phi) is 9.17. The molecule has 2 N–H and O–H groups in total. The summed E-state index contributed by atoms with van der Waals surface area (Å²) >= 11 is 6.42. The molecule has 2 bridgehead atoms. The van der Waals surface area contributed by atoms with Gasteiger partial charge in [0, 0.05) is 43.2 Å². The van der Waals surface area contributed by atoms with Crippen LogP contribution in [0.2, 0.25) is 5.02 Å². The van der Waals surface area contributed by atoms with Crippen LogP contribution in [0.3, 0.4) is 0 Å². The Labute approximate surface area is 283 Å². The first-order valence-corrected chi connectivity index (χ1v) is 18.6. The maximum atomic E-state index is 13.5. The summed E-state index contributed by atoms with van der Waals surface area (Å²) in [6.07, 6.45) is 8.31. The third-order valence-corrected chi connectivity index (χ3v) is 13.3. The second-order valence-corrected chi connectivity index (χ2v) is 17.0. The highest BCUT2D eigenvalue weighted by Gasteiger charge is 2.49. The summed E-state index contributed by atoms with van der Waals surface area (Å²) in [7, 11) is -0.643. The Morgan fingerprint density at radius 2 is 1.96 bits per heavy atom. The maximum absolute atomic E-state index is 13.5. The predicted molar refractivity (Wildman–Crippen MR) is 183 cm³/mol. The summed E-state index contributed by atoms with van der Waals surface area (Å²) in [6.45, 7) is 5.03.